The molecule has 0 aliphatic rings. The Morgan fingerprint density at radius 2 is 2.05 bits per heavy atom. The normalized spacial score (nSPS) is 12.1. The minimum Gasteiger partial charge on any atom is -0.493 e. The fraction of sp³-hybridized carbons (Fsp3) is 0.500. The van der Waals surface area contributed by atoms with Crippen LogP contribution < -0.4 is 14.8 Å². The number of benzene rings is 1. The third kappa shape index (κ3) is 3.61. The third-order valence-corrected chi connectivity index (χ3v) is 3.19. The minimum atomic E-state index is -0.207. The van der Waals surface area contributed by atoms with Crippen molar-refractivity contribution in [1.29, 1.82) is 0 Å². The topological polar surface area (TPSA) is 50.8 Å². The lowest BCUT2D eigenvalue weighted by Crippen LogP contribution is -2.41. The summed E-state index contributed by atoms with van der Waals surface area (Å²) >= 11 is 0. The summed E-state index contributed by atoms with van der Waals surface area (Å²) in [6.07, 6.45) is 0. The number of ether oxygens (including phenoxy) is 2. The number of likely N-dealkylation sites (N-methyl/N-ethyl adjacent to an activating group) is 2. The van der Waals surface area contributed by atoms with Gasteiger partial charge in [0, 0.05) is 19.2 Å². The highest BCUT2D eigenvalue weighted by atomic mass is 16.5. The second-order valence-electron chi connectivity index (χ2n) is 4.36. The SMILES string of the molecule is CNC(=O)[C@H](C)N(C)Cc1cccc(OC)c1OC. The van der Waals surface area contributed by atoms with Gasteiger partial charge in [-0.2, -0.15) is 0 Å². The molecule has 1 N–H and O–H groups in total. The van der Waals surface area contributed by atoms with Crippen LogP contribution in [0.2, 0.25) is 0 Å². The number of nitrogens with zero attached hydrogens (tertiary/aromatic N) is 1. The van der Waals surface area contributed by atoms with Gasteiger partial charge in [0.2, 0.25) is 5.91 Å². The quantitative estimate of drug-likeness (QED) is 0.842. The summed E-state index contributed by atoms with van der Waals surface area (Å²) in [5.74, 6) is 1.39. The molecule has 1 aromatic carbocycles. The zero-order valence-electron chi connectivity index (χ0n) is 12.2. The molecule has 0 heterocycles. The van der Waals surface area contributed by atoms with E-state index in [0.29, 0.717) is 18.0 Å². The van der Waals surface area contributed by atoms with Crippen molar-refractivity contribution in [2.24, 2.45) is 0 Å². The van der Waals surface area contributed by atoms with Crippen LogP contribution in [0.15, 0.2) is 18.2 Å². The first kappa shape index (κ1) is 15.3. The van der Waals surface area contributed by atoms with Crippen LogP contribution in [-0.2, 0) is 11.3 Å². The summed E-state index contributed by atoms with van der Waals surface area (Å²) in [7, 11) is 6.76. The van der Waals surface area contributed by atoms with Gasteiger partial charge in [-0.25, -0.2) is 0 Å². The Hall–Kier alpha value is -1.75. The molecule has 1 aromatic rings. The first-order chi connectivity index (χ1) is 9.04. The second kappa shape index (κ2) is 6.99. The standard InChI is InChI=1S/C14H22N2O3/c1-10(14(17)15-2)16(3)9-11-7-6-8-12(18-4)13(11)19-5/h6-8,10H,9H2,1-5H3,(H,15,17)/t10-/m0/s1. The van der Waals surface area contributed by atoms with Gasteiger partial charge in [-0.1, -0.05) is 12.1 Å². The van der Waals surface area contributed by atoms with Crippen LogP contribution in [0, 0.1) is 0 Å². The smallest absolute Gasteiger partial charge is 0.236 e. The molecular formula is C14H22N2O3. The van der Waals surface area contributed by atoms with Crippen molar-refractivity contribution in [3.8, 4) is 11.5 Å². The van der Waals surface area contributed by atoms with Crippen molar-refractivity contribution in [2.45, 2.75) is 19.5 Å². The lowest BCUT2D eigenvalue weighted by molar-refractivity contribution is -0.125. The lowest BCUT2D eigenvalue weighted by atomic mass is 10.1. The summed E-state index contributed by atoms with van der Waals surface area (Å²) in [4.78, 5) is 13.6. The van der Waals surface area contributed by atoms with Crippen LogP contribution in [0.4, 0.5) is 0 Å². The number of rotatable bonds is 6. The molecule has 0 aliphatic carbocycles. The van der Waals surface area contributed by atoms with E-state index in [1.165, 1.54) is 0 Å². The first-order valence-electron chi connectivity index (χ1n) is 6.16. The monoisotopic (exact) mass is 266 g/mol. The maximum absolute atomic E-state index is 11.6. The molecule has 0 aliphatic heterocycles. The van der Waals surface area contributed by atoms with Gasteiger partial charge < -0.3 is 14.8 Å². The highest BCUT2D eigenvalue weighted by molar-refractivity contribution is 5.80. The number of carbonyl (C=O) groups is 1. The van der Waals surface area contributed by atoms with Crippen LogP contribution in [0.3, 0.4) is 0 Å². The maximum Gasteiger partial charge on any atom is 0.236 e. The van der Waals surface area contributed by atoms with Gasteiger partial charge >= 0.3 is 0 Å². The molecule has 0 aromatic heterocycles. The molecule has 106 valence electrons. The summed E-state index contributed by atoms with van der Waals surface area (Å²) in [6, 6.07) is 5.52. The third-order valence-electron chi connectivity index (χ3n) is 3.19. The van der Waals surface area contributed by atoms with Gasteiger partial charge in [-0.3, -0.25) is 9.69 Å². The van der Waals surface area contributed by atoms with Crippen molar-refractivity contribution in [2.75, 3.05) is 28.3 Å². The molecule has 1 rings (SSSR count). The van der Waals surface area contributed by atoms with Crippen LogP contribution in [0.5, 0.6) is 11.5 Å². The van der Waals surface area contributed by atoms with Gasteiger partial charge in [0.15, 0.2) is 11.5 Å². The van der Waals surface area contributed by atoms with Gasteiger partial charge in [0.1, 0.15) is 0 Å². The molecular weight excluding hydrogens is 244 g/mol. The van der Waals surface area contributed by atoms with E-state index in [4.69, 9.17) is 9.47 Å². The van der Waals surface area contributed by atoms with Crippen LogP contribution in [-0.4, -0.2) is 45.2 Å². The molecule has 0 saturated carbocycles. The Morgan fingerprint density at radius 1 is 1.37 bits per heavy atom. The van der Waals surface area contributed by atoms with Crippen molar-refractivity contribution in [3.05, 3.63) is 23.8 Å². The molecule has 0 spiro atoms. The number of hydrogen-bond acceptors (Lipinski definition) is 4. The van der Waals surface area contributed by atoms with E-state index in [9.17, 15) is 4.79 Å². The van der Waals surface area contributed by atoms with Crippen LogP contribution in [0.1, 0.15) is 12.5 Å². The predicted octanol–water partition coefficient (Wildman–Crippen LogP) is 1.27. The Kier molecular flexibility index (Phi) is 5.63. The number of hydrogen-bond donors (Lipinski definition) is 1. The molecule has 1 amide bonds. The number of methoxy groups -OCH3 is 2. The molecule has 0 unspecified atom stereocenters. The summed E-state index contributed by atoms with van der Waals surface area (Å²) in [6.45, 7) is 2.47. The highest BCUT2D eigenvalue weighted by Crippen LogP contribution is 2.31. The molecule has 0 radical (unpaired) electrons. The molecule has 0 bridgehead atoms. The Morgan fingerprint density at radius 3 is 2.58 bits per heavy atom. The van der Waals surface area contributed by atoms with Crippen LogP contribution >= 0.6 is 0 Å². The maximum atomic E-state index is 11.6. The van der Waals surface area contributed by atoms with E-state index in [1.54, 1.807) is 21.3 Å². The van der Waals surface area contributed by atoms with E-state index in [0.717, 1.165) is 5.56 Å². The van der Waals surface area contributed by atoms with Crippen LogP contribution in [0.25, 0.3) is 0 Å². The Labute approximate surface area is 114 Å². The number of carbonyl (C=O) groups excluding carboxylic acids is 1. The van der Waals surface area contributed by atoms with Crippen molar-refractivity contribution < 1.29 is 14.3 Å². The summed E-state index contributed by atoms with van der Waals surface area (Å²) in [5, 5.41) is 2.65. The van der Waals surface area contributed by atoms with Gasteiger partial charge in [-0.05, 0) is 20.0 Å². The summed E-state index contributed by atoms with van der Waals surface area (Å²) < 4.78 is 10.6. The molecule has 1 atom stereocenters. The number of nitrogens with one attached hydrogen (secondary N) is 1. The number of para-hydroxylation sites is 1. The Bertz CT molecular complexity index is 435. The fourth-order valence-corrected chi connectivity index (χ4v) is 1.89. The second-order valence-corrected chi connectivity index (χ2v) is 4.36. The van der Waals surface area contributed by atoms with E-state index >= 15 is 0 Å². The minimum absolute atomic E-state index is 0.00985. The zero-order valence-corrected chi connectivity index (χ0v) is 12.2. The van der Waals surface area contributed by atoms with Gasteiger partial charge in [0.25, 0.3) is 0 Å². The molecule has 19 heavy (non-hydrogen) atoms. The zero-order chi connectivity index (χ0) is 14.4. The van der Waals surface area contributed by atoms with Gasteiger partial charge in [0.05, 0.1) is 20.3 Å². The predicted molar refractivity (Wildman–Crippen MR) is 74.5 cm³/mol. The van der Waals surface area contributed by atoms with E-state index in [-0.39, 0.29) is 11.9 Å². The highest BCUT2D eigenvalue weighted by Gasteiger charge is 2.19. The summed E-state index contributed by atoms with van der Waals surface area (Å²) in [5.41, 5.74) is 0.986. The first-order valence-corrected chi connectivity index (χ1v) is 6.16. The molecule has 5 heteroatoms. The van der Waals surface area contributed by atoms with E-state index < -0.39 is 0 Å². The van der Waals surface area contributed by atoms with E-state index in [1.807, 2.05) is 37.1 Å². The molecule has 0 saturated heterocycles. The van der Waals surface area contributed by atoms with Crippen molar-refractivity contribution in [1.82, 2.24) is 10.2 Å². The Balaban J connectivity index is 2.90. The lowest BCUT2D eigenvalue weighted by Gasteiger charge is -2.24. The molecule has 0 fully saturated rings. The largest absolute Gasteiger partial charge is 0.493 e. The van der Waals surface area contributed by atoms with Crippen molar-refractivity contribution in [3.63, 3.8) is 0 Å². The molecule has 5 nitrogen and oxygen atoms in total. The number of amides is 1. The average Bonchev–Trinajstić information content (AvgIpc) is 2.44. The van der Waals surface area contributed by atoms with Gasteiger partial charge in [-0.15, -0.1) is 0 Å². The average molecular weight is 266 g/mol. The van der Waals surface area contributed by atoms with Crippen molar-refractivity contribution >= 4 is 5.91 Å². The fourth-order valence-electron chi connectivity index (χ4n) is 1.89. The van der Waals surface area contributed by atoms with E-state index in [2.05, 4.69) is 5.32 Å².